The molecule has 2 aromatic carbocycles. The van der Waals surface area contributed by atoms with Gasteiger partial charge in [-0.15, -0.1) is 0 Å². The van der Waals surface area contributed by atoms with Crippen LogP contribution >= 0.6 is 22.9 Å². The molecule has 0 fully saturated rings. The minimum Gasteiger partial charge on any atom is -0.301 e. The van der Waals surface area contributed by atoms with Crippen molar-refractivity contribution in [3.8, 4) is 0 Å². The molecule has 0 aliphatic rings. The normalized spacial score (nSPS) is 11.8. The largest absolute Gasteiger partial charge is 0.301 e. The van der Waals surface area contributed by atoms with E-state index in [1.54, 1.807) is 18.2 Å². The van der Waals surface area contributed by atoms with E-state index >= 15 is 0 Å². The number of sulfonamides is 1. The molecule has 0 radical (unpaired) electrons. The predicted molar refractivity (Wildman–Crippen MR) is 99.5 cm³/mol. The number of likely N-dealkylation sites (N-methyl/N-ethyl adjacent to an activating group) is 1. The first-order chi connectivity index (χ1) is 12.3. The molecule has 26 heavy (non-hydrogen) atoms. The van der Waals surface area contributed by atoms with Crippen molar-refractivity contribution < 1.29 is 17.6 Å². The van der Waals surface area contributed by atoms with Crippen molar-refractivity contribution in [3.05, 3.63) is 53.3 Å². The van der Waals surface area contributed by atoms with E-state index in [0.717, 1.165) is 33.3 Å². The maximum atomic E-state index is 13.0. The monoisotopic (exact) mass is 413 g/mol. The van der Waals surface area contributed by atoms with E-state index in [0.29, 0.717) is 15.7 Å². The molecular formula is C16H13ClFN3O3S2. The van der Waals surface area contributed by atoms with E-state index in [-0.39, 0.29) is 4.90 Å². The number of carbonyl (C=O) groups is 1. The standard InChI is InChI=1S/C16H13ClFN3O3S2/c1-21(26(23,24)12-5-3-11(18)4-6-12)9-15(22)20-16-19-13-7-2-10(17)8-14(13)25-16/h2-8H,9H2,1H3,(H,19,20,22). The van der Waals surface area contributed by atoms with Crippen LogP contribution in [0.3, 0.4) is 0 Å². The Kier molecular flexibility index (Phi) is 5.24. The molecule has 0 unspecified atom stereocenters. The number of amides is 1. The smallest absolute Gasteiger partial charge is 0.243 e. The first-order valence-corrected chi connectivity index (χ1v) is 9.97. The molecule has 10 heteroatoms. The van der Waals surface area contributed by atoms with Gasteiger partial charge in [-0.05, 0) is 42.5 Å². The minimum atomic E-state index is -3.90. The molecule has 0 saturated carbocycles. The summed E-state index contributed by atoms with van der Waals surface area (Å²) in [6, 6.07) is 9.55. The second kappa shape index (κ2) is 7.28. The average Bonchev–Trinajstić information content (AvgIpc) is 2.96. The van der Waals surface area contributed by atoms with E-state index in [4.69, 9.17) is 11.6 Å². The first kappa shape index (κ1) is 18.7. The number of anilines is 1. The number of fused-ring (bicyclic) bond motifs is 1. The summed E-state index contributed by atoms with van der Waals surface area (Å²) in [7, 11) is -2.63. The molecule has 3 rings (SSSR count). The SMILES string of the molecule is CN(CC(=O)Nc1nc2ccc(Cl)cc2s1)S(=O)(=O)c1ccc(F)cc1. The Balaban J connectivity index is 1.71. The van der Waals surface area contributed by atoms with Gasteiger partial charge < -0.3 is 5.32 Å². The van der Waals surface area contributed by atoms with Crippen LogP contribution in [0.25, 0.3) is 10.2 Å². The Morgan fingerprint density at radius 1 is 1.27 bits per heavy atom. The van der Waals surface area contributed by atoms with Gasteiger partial charge >= 0.3 is 0 Å². The molecule has 0 spiro atoms. The highest BCUT2D eigenvalue weighted by atomic mass is 35.5. The zero-order valence-corrected chi connectivity index (χ0v) is 15.8. The maximum Gasteiger partial charge on any atom is 0.243 e. The van der Waals surface area contributed by atoms with Gasteiger partial charge in [0.25, 0.3) is 0 Å². The maximum absolute atomic E-state index is 13.0. The molecule has 3 aromatic rings. The molecule has 6 nitrogen and oxygen atoms in total. The fourth-order valence-corrected chi connectivity index (χ4v) is 4.47. The van der Waals surface area contributed by atoms with Crippen LogP contribution in [0.4, 0.5) is 9.52 Å². The van der Waals surface area contributed by atoms with Crippen LogP contribution in [-0.4, -0.2) is 37.2 Å². The molecule has 0 aliphatic heterocycles. The van der Waals surface area contributed by atoms with Crippen molar-refractivity contribution in [2.45, 2.75) is 4.90 Å². The summed E-state index contributed by atoms with van der Waals surface area (Å²) in [6.07, 6.45) is 0. The Morgan fingerprint density at radius 3 is 2.65 bits per heavy atom. The second-order valence-corrected chi connectivity index (χ2v) is 8.91. The number of rotatable bonds is 5. The summed E-state index contributed by atoms with van der Waals surface area (Å²) in [6.45, 7) is -0.406. The van der Waals surface area contributed by atoms with Crippen molar-refractivity contribution in [2.24, 2.45) is 0 Å². The summed E-state index contributed by atoms with van der Waals surface area (Å²) in [4.78, 5) is 16.3. The summed E-state index contributed by atoms with van der Waals surface area (Å²) < 4.78 is 39.5. The Bertz CT molecular complexity index is 1070. The summed E-state index contributed by atoms with van der Waals surface area (Å²) in [5, 5.41) is 3.48. The van der Waals surface area contributed by atoms with Gasteiger partial charge in [0, 0.05) is 12.1 Å². The van der Waals surface area contributed by atoms with E-state index < -0.39 is 28.3 Å². The molecule has 1 N–H and O–H groups in total. The highest BCUT2D eigenvalue weighted by molar-refractivity contribution is 7.89. The number of nitrogens with one attached hydrogen (secondary N) is 1. The number of benzene rings is 2. The topological polar surface area (TPSA) is 79.4 Å². The second-order valence-electron chi connectivity index (χ2n) is 5.39. The quantitative estimate of drug-likeness (QED) is 0.695. The molecule has 1 amide bonds. The zero-order chi connectivity index (χ0) is 18.9. The third-order valence-electron chi connectivity index (χ3n) is 3.48. The van der Waals surface area contributed by atoms with Crippen LogP contribution < -0.4 is 5.32 Å². The lowest BCUT2D eigenvalue weighted by molar-refractivity contribution is -0.116. The van der Waals surface area contributed by atoms with Crippen molar-refractivity contribution in [3.63, 3.8) is 0 Å². The average molecular weight is 414 g/mol. The molecule has 0 bridgehead atoms. The number of hydrogen-bond donors (Lipinski definition) is 1. The third-order valence-corrected chi connectivity index (χ3v) is 6.47. The lowest BCUT2D eigenvalue weighted by atomic mass is 10.3. The lowest BCUT2D eigenvalue weighted by Crippen LogP contribution is -2.34. The fraction of sp³-hybridized carbons (Fsp3) is 0.125. The highest BCUT2D eigenvalue weighted by Gasteiger charge is 2.23. The zero-order valence-electron chi connectivity index (χ0n) is 13.4. The van der Waals surface area contributed by atoms with E-state index in [1.165, 1.54) is 18.4 Å². The van der Waals surface area contributed by atoms with Crippen LogP contribution in [0.2, 0.25) is 5.02 Å². The van der Waals surface area contributed by atoms with Gasteiger partial charge in [0.2, 0.25) is 15.9 Å². The van der Waals surface area contributed by atoms with Gasteiger partial charge in [0.1, 0.15) is 5.82 Å². The Labute approximate surface area is 158 Å². The Morgan fingerprint density at radius 2 is 1.96 bits per heavy atom. The van der Waals surface area contributed by atoms with E-state index in [2.05, 4.69) is 10.3 Å². The third kappa shape index (κ3) is 4.01. The number of hydrogen-bond acceptors (Lipinski definition) is 5. The summed E-state index contributed by atoms with van der Waals surface area (Å²) in [5.74, 6) is -1.08. The van der Waals surface area contributed by atoms with Gasteiger partial charge in [-0.1, -0.05) is 22.9 Å². The van der Waals surface area contributed by atoms with E-state index in [9.17, 15) is 17.6 Å². The molecule has 1 aromatic heterocycles. The van der Waals surface area contributed by atoms with Gasteiger partial charge in [-0.25, -0.2) is 17.8 Å². The van der Waals surface area contributed by atoms with Crippen LogP contribution in [0.5, 0.6) is 0 Å². The minimum absolute atomic E-state index is 0.0937. The number of halogens is 2. The van der Waals surface area contributed by atoms with E-state index in [1.807, 2.05) is 0 Å². The van der Waals surface area contributed by atoms with Crippen LogP contribution in [-0.2, 0) is 14.8 Å². The van der Waals surface area contributed by atoms with Crippen LogP contribution in [0, 0.1) is 5.82 Å². The van der Waals surface area contributed by atoms with Crippen molar-refractivity contribution >= 4 is 54.2 Å². The molecule has 136 valence electrons. The van der Waals surface area contributed by atoms with Crippen molar-refractivity contribution in [1.82, 2.24) is 9.29 Å². The summed E-state index contributed by atoms with van der Waals surface area (Å²) in [5.41, 5.74) is 0.682. The first-order valence-electron chi connectivity index (χ1n) is 7.33. The van der Waals surface area contributed by atoms with Crippen molar-refractivity contribution in [2.75, 3.05) is 18.9 Å². The van der Waals surface area contributed by atoms with Crippen LogP contribution in [0.15, 0.2) is 47.4 Å². The van der Waals surface area contributed by atoms with Gasteiger partial charge in [0.15, 0.2) is 5.13 Å². The predicted octanol–water partition coefficient (Wildman–Crippen LogP) is 3.35. The molecule has 0 saturated heterocycles. The summed E-state index contributed by atoms with van der Waals surface area (Å²) >= 11 is 7.15. The molecular weight excluding hydrogens is 401 g/mol. The number of carbonyl (C=O) groups excluding carboxylic acids is 1. The Hall–Kier alpha value is -2.07. The molecule has 0 atom stereocenters. The molecule has 0 aliphatic carbocycles. The van der Waals surface area contributed by atoms with Gasteiger partial charge in [0.05, 0.1) is 21.7 Å². The van der Waals surface area contributed by atoms with Crippen LogP contribution in [0.1, 0.15) is 0 Å². The highest BCUT2D eigenvalue weighted by Crippen LogP contribution is 2.28. The lowest BCUT2D eigenvalue weighted by Gasteiger charge is -2.16. The molecule has 1 heterocycles. The fourth-order valence-electron chi connectivity index (χ4n) is 2.18. The van der Waals surface area contributed by atoms with Gasteiger partial charge in [-0.2, -0.15) is 4.31 Å². The number of thiazole rings is 1. The number of aromatic nitrogens is 1. The number of nitrogens with zero attached hydrogens (tertiary/aromatic N) is 2. The van der Waals surface area contributed by atoms with Gasteiger partial charge in [-0.3, -0.25) is 4.79 Å². The van der Waals surface area contributed by atoms with Crippen molar-refractivity contribution in [1.29, 1.82) is 0 Å².